The molecule has 0 bridgehead atoms. The molecule has 1 aromatic heterocycles. The zero-order chi connectivity index (χ0) is 17.8. The molecule has 0 amide bonds. The van der Waals surface area contributed by atoms with E-state index in [4.69, 9.17) is 4.42 Å². The third-order valence-electron chi connectivity index (χ3n) is 4.55. The Kier molecular flexibility index (Phi) is 5.45. The van der Waals surface area contributed by atoms with Crippen molar-refractivity contribution in [3.05, 3.63) is 42.0 Å². The monoisotopic (exact) mass is 348 g/mol. The van der Waals surface area contributed by atoms with Crippen LogP contribution in [0, 0.1) is 11.7 Å². The van der Waals surface area contributed by atoms with Crippen LogP contribution in [0.5, 0.6) is 0 Å². The van der Waals surface area contributed by atoms with Crippen LogP contribution in [0.1, 0.15) is 18.5 Å². The van der Waals surface area contributed by atoms with Crippen molar-refractivity contribution in [1.29, 1.82) is 0 Å². The number of methoxy groups -OCH3 is 1. The fourth-order valence-corrected chi connectivity index (χ4v) is 3.07. The van der Waals surface area contributed by atoms with Gasteiger partial charge in [0.05, 0.1) is 12.8 Å². The van der Waals surface area contributed by atoms with Gasteiger partial charge in [0.2, 0.25) is 5.89 Å². The Hall–Kier alpha value is -2.25. The molecule has 3 rings (SSSR count). The number of esters is 1. The summed E-state index contributed by atoms with van der Waals surface area (Å²) in [5, 5.41) is 9.92. The SMILES string of the molecule is COC(=O)C(O)C1CCN(Cc2coc(-c3ccc(F)cc3)n2)CC1. The zero-order valence-corrected chi connectivity index (χ0v) is 14.0. The lowest BCUT2D eigenvalue weighted by atomic mass is 9.91. The number of carbonyl (C=O) groups is 1. The van der Waals surface area contributed by atoms with Crippen molar-refractivity contribution < 1.29 is 23.4 Å². The molecule has 1 unspecified atom stereocenters. The molecule has 1 atom stereocenters. The lowest BCUT2D eigenvalue weighted by Crippen LogP contribution is -2.40. The Balaban J connectivity index is 1.54. The first-order valence-electron chi connectivity index (χ1n) is 8.25. The fourth-order valence-electron chi connectivity index (χ4n) is 3.07. The molecule has 0 aliphatic carbocycles. The van der Waals surface area contributed by atoms with E-state index in [-0.39, 0.29) is 11.7 Å². The number of likely N-dealkylation sites (tertiary alicyclic amines) is 1. The first-order valence-corrected chi connectivity index (χ1v) is 8.25. The number of rotatable bonds is 5. The number of hydrogen-bond donors (Lipinski definition) is 1. The van der Waals surface area contributed by atoms with Crippen molar-refractivity contribution in [3.8, 4) is 11.5 Å². The zero-order valence-electron chi connectivity index (χ0n) is 14.0. The predicted octanol–water partition coefficient (Wildman–Crippen LogP) is 2.23. The first kappa shape index (κ1) is 17.6. The summed E-state index contributed by atoms with van der Waals surface area (Å²) in [6, 6.07) is 6.00. The summed E-state index contributed by atoms with van der Waals surface area (Å²) in [5.41, 5.74) is 1.53. The summed E-state index contributed by atoms with van der Waals surface area (Å²) in [5.74, 6) is -0.479. The van der Waals surface area contributed by atoms with E-state index in [1.807, 2.05) is 0 Å². The number of aliphatic hydroxyl groups excluding tert-OH is 1. The number of aliphatic hydroxyl groups is 1. The van der Waals surface area contributed by atoms with Crippen LogP contribution in [0.25, 0.3) is 11.5 Å². The quantitative estimate of drug-likeness (QED) is 0.835. The number of aromatic nitrogens is 1. The molecule has 2 heterocycles. The Morgan fingerprint density at radius 3 is 2.72 bits per heavy atom. The molecular formula is C18H21FN2O4. The maximum absolute atomic E-state index is 13.0. The minimum Gasteiger partial charge on any atom is -0.467 e. The summed E-state index contributed by atoms with van der Waals surface area (Å²) in [7, 11) is 1.28. The standard InChI is InChI=1S/C18H21FN2O4/c1-24-18(23)16(22)12-6-8-21(9-7-12)10-15-11-25-17(20-15)13-2-4-14(19)5-3-13/h2-5,11-12,16,22H,6-10H2,1H3. The van der Waals surface area contributed by atoms with Gasteiger partial charge in [0.1, 0.15) is 12.1 Å². The molecule has 1 saturated heterocycles. The van der Waals surface area contributed by atoms with Gasteiger partial charge in [-0.25, -0.2) is 14.2 Å². The van der Waals surface area contributed by atoms with Crippen molar-refractivity contribution >= 4 is 5.97 Å². The second kappa shape index (κ2) is 7.76. The minimum atomic E-state index is -1.05. The van der Waals surface area contributed by atoms with E-state index in [1.54, 1.807) is 18.4 Å². The topological polar surface area (TPSA) is 75.8 Å². The van der Waals surface area contributed by atoms with Crippen molar-refractivity contribution in [2.24, 2.45) is 5.92 Å². The van der Waals surface area contributed by atoms with E-state index < -0.39 is 12.1 Å². The smallest absolute Gasteiger partial charge is 0.334 e. The van der Waals surface area contributed by atoms with Gasteiger partial charge in [0, 0.05) is 12.1 Å². The van der Waals surface area contributed by atoms with Gasteiger partial charge in [-0.05, 0) is 56.1 Å². The maximum Gasteiger partial charge on any atom is 0.334 e. The number of oxazole rings is 1. The lowest BCUT2D eigenvalue weighted by molar-refractivity contribution is -0.154. The van der Waals surface area contributed by atoms with E-state index in [0.717, 1.165) is 37.2 Å². The lowest BCUT2D eigenvalue weighted by Gasteiger charge is -2.32. The van der Waals surface area contributed by atoms with Gasteiger partial charge in [0.15, 0.2) is 6.10 Å². The van der Waals surface area contributed by atoms with Crippen molar-refractivity contribution in [3.63, 3.8) is 0 Å². The number of hydrogen-bond acceptors (Lipinski definition) is 6. The number of benzene rings is 1. The highest BCUT2D eigenvalue weighted by molar-refractivity contribution is 5.74. The molecule has 1 aliphatic heterocycles. The van der Waals surface area contributed by atoms with Crippen LogP contribution in [-0.2, 0) is 16.1 Å². The van der Waals surface area contributed by atoms with E-state index in [2.05, 4.69) is 14.6 Å². The minimum absolute atomic E-state index is 0.0733. The van der Waals surface area contributed by atoms with Gasteiger partial charge in [-0.1, -0.05) is 0 Å². The molecule has 25 heavy (non-hydrogen) atoms. The highest BCUT2D eigenvalue weighted by Crippen LogP contribution is 2.24. The highest BCUT2D eigenvalue weighted by Gasteiger charge is 2.30. The average molecular weight is 348 g/mol. The van der Waals surface area contributed by atoms with Crippen molar-refractivity contribution in [2.75, 3.05) is 20.2 Å². The first-order chi connectivity index (χ1) is 12.1. The largest absolute Gasteiger partial charge is 0.467 e. The molecule has 0 radical (unpaired) electrons. The number of piperidine rings is 1. The number of carbonyl (C=O) groups excluding carboxylic acids is 1. The summed E-state index contributed by atoms with van der Waals surface area (Å²) >= 11 is 0. The normalized spacial score (nSPS) is 17.4. The van der Waals surface area contributed by atoms with Crippen LogP contribution >= 0.6 is 0 Å². The van der Waals surface area contributed by atoms with E-state index in [9.17, 15) is 14.3 Å². The predicted molar refractivity (Wildman–Crippen MR) is 87.9 cm³/mol. The Bertz CT molecular complexity index is 708. The molecule has 0 spiro atoms. The average Bonchev–Trinajstić information content (AvgIpc) is 3.10. The molecule has 134 valence electrons. The molecule has 1 aliphatic rings. The van der Waals surface area contributed by atoms with Crippen LogP contribution in [0.3, 0.4) is 0 Å². The molecule has 0 saturated carbocycles. The number of nitrogens with zero attached hydrogens (tertiary/aromatic N) is 2. The third kappa shape index (κ3) is 4.24. The molecule has 7 heteroatoms. The van der Waals surface area contributed by atoms with Gasteiger partial charge in [-0.15, -0.1) is 0 Å². The molecule has 1 aromatic carbocycles. The number of ether oxygens (including phenoxy) is 1. The Labute approximate surface area is 145 Å². The van der Waals surface area contributed by atoms with Crippen LogP contribution in [0.15, 0.2) is 34.9 Å². The van der Waals surface area contributed by atoms with E-state index >= 15 is 0 Å². The van der Waals surface area contributed by atoms with E-state index in [1.165, 1.54) is 19.2 Å². The summed E-state index contributed by atoms with van der Waals surface area (Å²) in [6.45, 7) is 2.15. The number of halogens is 1. The highest BCUT2D eigenvalue weighted by atomic mass is 19.1. The Morgan fingerprint density at radius 2 is 2.08 bits per heavy atom. The molecule has 6 nitrogen and oxygen atoms in total. The molecule has 2 aromatic rings. The van der Waals surface area contributed by atoms with Gasteiger partial charge >= 0.3 is 5.97 Å². The summed E-state index contributed by atoms with van der Waals surface area (Å²) in [4.78, 5) is 18.1. The van der Waals surface area contributed by atoms with E-state index in [0.29, 0.717) is 12.4 Å². The third-order valence-corrected chi connectivity index (χ3v) is 4.55. The molecule has 1 fully saturated rings. The van der Waals surface area contributed by atoms with Gasteiger partial charge in [-0.3, -0.25) is 4.90 Å². The van der Waals surface area contributed by atoms with Crippen LogP contribution < -0.4 is 0 Å². The van der Waals surface area contributed by atoms with Crippen LogP contribution in [0.4, 0.5) is 4.39 Å². The van der Waals surface area contributed by atoms with Crippen molar-refractivity contribution in [2.45, 2.75) is 25.5 Å². The molecular weight excluding hydrogens is 327 g/mol. The molecule has 1 N–H and O–H groups in total. The van der Waals surface area contributed by atoms with Gasteiger partial charge in [-0.2, -0.15) is 0 Å². The van der Waals surface area contributed by atoms with Crippen LogP contribution in [-0.4, -0.2) is 47.3 Å². The van der Waals surface area contributed by atoms with Gasteiger partial charge < -0.3 is 14.3 Å². The van der Waals surface area contributed by atoms with Crippen LogP contribution in [0.2, 0.25) is 0 Å². The Morgan fingerprint density at radius 1 is 1.40 bits per heavy atom. The van der Waals surface area contributed by atoms with Crippen molar-refractivity contribution in [1.82, 2.24) is 9.88 Å². The van der Waals surface area contributed by atoms with Gasteiger partial charge in [0.25, 0.3) is 0 Å². The second-order valence-corrected chi connectivity index (χ2v) is 6.23. The second-order valence-electron chi connectivity index (χ2n) is 6.23. The summed E-state index contributed by atoms with van der Waals surface area (Å²) in [6.07, 6.45) is 2.00. The summed E-state index contributed by atoms with van der Waals surface area (Å²) < 4.78 is 23.0. The fraction of sp³-hybridized carbons (Fsp3) is 0.444. The maximum atomic E-state index is 13.0.